The predicted molar refractivity (Wildman–Crippen MR) is 133 cm³/mol. The summed E-state index contributed by atoms with van der Waals surface area (Å²) in [6.07, 6.45) is 4.81. The van der Waals surface area contributed by atoms with E-state index in [0.717, 1.165) is 68.9 Å². The molecule has 7 heteroatoms. The second-order valence-electron chi connectivity index (χ2n) is 10.1. The van der Waals surface area contributed by atoms with Crippen LogP contribution in [0.5, 0.6) is 5.75 Å². The van der Waals surface area contributed by atoms with Crippen molar-refractivity contribution >= 4 is 17.6 Å². The number of anilines is 1. The van der Waals surface area contributed by atoms with Crippen LogP contribution < -0.4 is 9.64 Å². The van der Waals surface area contributed by atoms with E-state index in [-0.39, 0.29) is 23.0 Å². The summed E-state index contributed by atoms with van der Waals surface area (Å²) in [5.74, 6) is 0.118. The summed E-state index contributed by atoms with van der Waals surface area (Å²) >= 11 is 0. The van der Waals surface area contributed by atoms with Crippen LogP contribution in [0.25, 0.3) is 0 Å². The van der Waals surface area contributed by atoms with Gasteiger partial charge in [0.25, 0.3) is 0 Å². The Balaban J connectivity index is 1.21. The van der Waals surface area contributed by atoms with Crippen molar-refractivity contribution in [3.05, 3.63) is 59.2 Å². The molecular formula is C28H34N2O5. The van der Waals surface area contributed by atoms with Crippen LogP contribution in [0, 0.1) is 5.41 Å². The molecule has 3 heterocycles. The topological polar surface area (TPSA) is 79.3 Å². The number of nitrogens with zero attached hydrogens (tertiary/aromatic N) is 2. The van der Waals surface area contributed by atoms with Crippen molar-refractivity contribution in [1.29, 1.82) is 0 Å². The Hall–Kier alpha value is -2.90. The summed E-state index contributed by atoms with van der Waals surface area (Å²) in [6.45, 7) is 6.96. The molecule has 3 saturated heterocycles. The monoisotopic (exact) mass is 478 g/mol. The van der Waals surface area contributed by atoms with Crippen molar-refractivity contribution in [1.82, 2.24) is 4.90 Å². The summed E-state index contributed by atoms with van der Waals surface area (Å²) < 4.78 is 11.9. The lowest BCUT2D eigenvalue weighted by Crippen LogP contribution is -2.41. The number of amides is 1. The van der Waals surface area contributed by atoms with Crippen molar-refractivity contribution < 1.29 is 24.2 Å². The van der Waals surface area contributed by atoms with E-state index in [2.05, 4.69) is 23.1 Å². The van der Waals surface area contributed by atoms with Gasteiger partial charge in [-0.25, -0.2) is 4.79 Å². The maximum atomic E-state index is 12.9. The molecule has 0 aliphatic carbocycles. The fourth-order valence-electron chi connectivity index (χ4n) is 5.74. The van der Waals surface area contributed by atoms with Gasteiger partial charge in [-0.1, -0.05) is 12.1 Å². The number of carbonyl (C=O) groups excluding carboxylic acids is 1. The number of aromatic carboxylic acids is 1. The molecule has 1 atom stereocenters. The Morgan fingerprint density at radius 3 is 2.60 bits per heavy atom. The van der Waals surface area contributed by atoms with Gasteiger partial charge in [-0.2, -0.15) is 0 Å². The first-order valence-corrected chi connectivity index (χ1v) is 12.7. The van der Waals surface area contributed by atoms with E-state index >= 15 is 0 Å². The highest BCUT2D eigenvalue weighted by molar-refractivity contribution is 5.97. The molecule has 1 unspecified atom stereocenters. The fourth-order valence-corrected chi connectivity index (χ4v) is 5.74. The number of benzene rings is 2. The lowest BCUT2D eigenvalue weighted by molar-refractivity contribution is -0.118. The number of hydrogen-bond acceptors (Lipinski definition) is 5. The minimum absolute atomic E-state index is 0.000789. The molecule has 35 heavy (non-hydrogen) atoms. The van der Waals surface area contributed by atoms with Crippen molar-refractivity contribution in [2.45, 2.75) is 51.7 Å². The normalized spacial score (nSPS) is 22.1. The average Bonchev–Trinajstić information content (AvgIpc) is 3.50. The molecule has 1 N–H and O–H groups in total. The minimum Gasteiger partial charge on any atom is -0.493 e. The zero-order chi connectivity index (χ0) is 24.4. The first-order chi connectivity index (χ1) is 17.0. The van der Waals surface area contributed by atoms with Gasteiger partial charge in [0.05, 0.1) is 18.3 Å². The van der Waals surface area contributed by atoms with Crippen molar-refractivity contribution in [2.75, 3.05) is 37.7 Å². The van der Waals surface area contributed by atoms with Gasteiger partial charge in [-0.15, -0.1) is 0 Å². The molecule has 0 radical (unpaired) electrons. The standard InChI is InChI=1S/C28H34N2O5/c1-2-34-25-16-20(5-10-23(25)24-4-3-15-35-24)18-29-13-11-28(12-14-29)17-26(31)30(19-28)22-8-6-21(7-9-22)27(32)33/h5-10,16,24H,2-4,11-15,17-19H2,1H3,(H,32,33). The number of rotatable bonds is 7. The van der Waals surface area contributed by atoms with Gasteiger partial charge in [-0.05, 0) is 87.0 Å². The maximum absolute atomic E-state index is 12.9. The molecular weight excluding hydrogens is 444 g/mol. The van der Waals surface area contributed by atoms with Crippen LogP contribution in [0.15, 0.2) is 42.5 Å². The second kappa shape index (κ2) is 9.99. The molecule has 0 aromatic heterocycles. The zero-order valence-electron chi connectivity index (χ0n) is 20.4. The molecule has 7 nitrogen and oxygen atoms in total. The molecule has 3 aliphatic rings. The number of likely N-dealkylation sites (tertiary alicyclic amines) is 1. The Kier molecular flexibility index (Phi) is 6.80. The fraction of sp³-hybridized carbons (Fsp3) is 0.500. The first kappa shape index (κ1) is 23.8. The van der Waals surface area contributed by atoms with Crippen LogP contribution in [0.3, 0.4) is 0 Å². The van der Waals surface area contributed by atoms with Crippen LogP contribution in [-0.4, -0.2) is 54.7 Å². The van der Waals surface area contributed by atoms with Gasteiger partial charge >= 0.3 is 5.97 Å². The Labute approximate surface area is 206 Å². The lowest BCUT2D eigenvalue weighted by atomic mass is 9.77. The second-order valence-corrected chi connectivity index (χ2v) is 10.1. The molecule has 3 fully saturated rings. The minimum atomic E-state index is -0.956. The van der Waals surface area contributed by atoms with Crippen LogP contribution >= 0.6 is 0 Å². The van der Waals surface area contributed by atoms with Crippen molar-refractivity contribution in [2.24, 2.45) is 5.41 Å². The van der Waals surface area contributed by atoms with Crippen LogP contribution in [0.4, 0.5) is 5.69 Å². The van der Waals surface area contributed by atoms with E-state index in [1.54, 1.807) is 24.3 Å². The van der Waals surface area contributed by atoms with E-state index < -0.39 is 5.97 Å². The molecule has 186 valence electrons. The Morgan fingerprint density at radius 2 is 1.94 bits per heavy atom. The SMILES string of the molecule is CCOc1cc(CN2CCC3(CC2)CC(=O)N(c2ccc(C(=O)O)cc2)C3)ccc1C1CCCO1. The first-order valence-electron chi connectivity index (χ1n) is 12.7. The summed E-state index contributed by atoms with van der Waals surface area (Å²) in [7, 11) is 0. The average molecular weight is 479 g/mol. The largest absolute Gasteiger partial charge is 0.493 e. The van der Waals surface area contributed by atoms with Gasteiger partial charge in [0.1, 0.15) is 5.75 Å². The molecule has 2 aromatic rings. The molecule has 5 rings (SSSR count). The highest BCUT2D eigenvalue weighted by Crippen LogP contribution is 2.43. The number of carboxylic acids is 1. The third kappa shape index (κ3) is 5.07. The molecule has 2 aromatic carbocycles. The maximum Gasteiger partial charge on any atom is 0.335 e. The van der Waals surface area contributed by atoms with Gasteiger partial charge in [0.2, 0.25) is 5.91 Å². The summed E-state index contributed by atoms with van der Waals surface area (Å²) in [6, 6.07) is 13.2. The van der Waals surface area contributed by atoms with Crippen molar-refractivity contribution in [3.63, 3.8) is 0 Å². The van der Waals surface area contributed by atoms with E-state index in [4.69, 9.17) is 14.6 Å². The number of carbonyl (C=O) groups is 2. The van der Waals surface area contributed by atoms with E-state index in [9.17, 15) is 9.59 Å². The molecule has 0 bridgehead atoms. The zero-order valence-corrected chi connectivity index (χ0v) is 20.4. The van der Waals surface area contributed by atoms with Gasteiger partial charge < -0.3 is 19.5 Å². The highest BCUT2D eigenvalue weighted by Gasteiger charge is 2.45. The van der Waals surface area contributed by atoms with Gasteiger partial charge in [0.15, 0.2) is 0 Å². The van der Waals surface area contributed by atoms with E-state index in [0.29, 0.717) is 19.6 Å². The Morgan fingerprint density at radius 1 is 1.17 bits per heavy atom. The number of ether oxygens (including phenoxy) is 2. The predicted octanol–water partition coefficient (Wildman–Crippen LogP) is 4.65. The molecule has 1 spiro atoms. The number of carboxylic acid groups (broad SMARTS) is 1. The summed E-state index contributed by atoms with van der Waals surface area (Å²) in [4.78, 5) is 28.3. The number of hydrogen-bond donors (Lipinski definition) is 1. The van der Waals surface area contributed by atoms with Crippen LogP contribution in [-0.2, 0) is 16.1 Å². The van der Waals surface area contributed by atoms with Gasteiger partial charge in [-0.3, -0.25) is 9.69 Å². The lowest BCUT2D eigenvalue weighted by Gasteiger charge is -2.39. The molecule has 3 aliphatic heterocycles. The highest BCUT2D eigenvalue weighted by atomic mass is 16.5. The Bertz CT molecular complexity index is 1070. The van der Waals surface area contributed by atoms with Crippen LogP contribution in [0.1, 0.15) is 66.6 Å². The van der Waals surface area contributed by atoms with Crippen molar-refractivity contribution in [3.8, 4) is 5.75 Å². The van der Waals surface area contributed by atoms with E-state index in [1.807, 2.05) is 11.8 Å². The summed E-state index contributed by atoms with van der Waals surface area (Å²) in [5, 5.41) is 9.13. The quantitative estimate of drug-likeness (QED) is 0.624. The number of piperidine rings is 1. The molecule has 0 saturated carbocycles. The third-order valence-electron chi connectivity index (χ3n) is 7.72. The van der Waals surface area contributed by atoms with Crippen LogP contribution in [0.2, 0.25) is 0 Å². The third-order valence-corrected chi connectivity index (χ3v) is 7.72. The molecule has 1 amide bonds. The van der Waals surface area contributed by atoms with E-state index in [1.165, 1.54) is 5.56 Å². The van der Waals surface area contributed by atoms with Gasteiger partial charge in [0, 0.05) is 37.4 Å². The summed E-state index contributed by atoms with van der Waals surface area (Å²) in [5.41, 5.74) is 3.42. The smallest absolute Gasteiger partial charge is 0.335 e.